The van der Waals surface area contributed by atoms with Crippen LogP contribution in [0.3, 0.4) is 0 Å². The van der Waals surface area contributed by atoms with Crippen LogP contribution in [0.4, 0.5) is 0 Å². The van der Waals surface area contributed by atoms with E-state index in [0.29, 0.717) is 0 Å². The van der Waals surface area contributed by atoms with Crippen LogP contribution < -0.4 is 0 Å². The summed E-state index contributed by atoms with van der Waals surface area (Å²) in [7, 11) is -1.25. The van der Waals surface area contributed by atoms with E-state index in [1.165, 1.54) is 31.0 Å². The molecule has 0 aliphatic carbocycles. The van der Waals surface area contributed by atoms with Crippen molar-refractivity contribution in [2.75, 3.05) is 13.2 Å². The third kappa shape index (κ3) is 5.13. The normalized spacial score (nSPS) is 20.3. The molecule has 0 spiro atoms. The Bertz CT molecular complexity index is 262. The van der Waals surface area contributed by atoms with Crippen LogP contribution in [0.2, 0.25) is 18.1 Å². The van der Waals surface area contributed by atoms with Crippen LogP contribution in [-0.2, 0) is 9.47 Å². The molecule has 1 aliphatic heterocycles. The van der Waals surface area contributed by atoms with Crippen LogP contribution in [0.25, 0.3) is 0 Å². The molecular formula is C15H28O2Si. The predicted octanol–water partition coefficient (Wildman–Crippen LogP) is 3.97. The number of hydrogen-bond acceptors (Lipinski definition) is 2. The molecule has 0 bridgehead atoms. The van der Waals surface area contributed by atoms with Crippen LogP contribution in [0.5, 0.6) is 0 Å². The fourth-order valence-electron chi connectivity index (χ4n) is 2.35. The minimum atomic E-state index is -1.25. The van der Waals surface area contributed by atoms with Crippen molar-refractivity contribution >= 4 is 8.07 Å². The highest BCUT2D eigenvalue weighted by atomic mass is 28.3. The largest absolute Gasteiger partial charge is 0.353 e. The van der Waals surface area contributed by atoms with Gasteiger partial charge in [-0.3, -0.25) is 0 Å². The highest BCUT2D eigenvalue weighted by Crippen LogP contribution is 2.18. The first-order chi connectivity index (χ1) is 8.76. The first-order valence-electron chi connectivity index (χ1n) is 7.49. The van der Waals surface area contributed by atoms with Gasteiger partial charge in [0.05, 0.1) is 6.61 Å². The molecule has 18 heavy (non-hydrogen) atoms. The summed E-state index contributed by atoms with van der Waals surface area (Å²) in [4.78, 5) is 0. The quantitative estimate of drug-likeness (QED) is 0.412. The molecule has 0 aromatic carbocycles. The van der Waals surface area contributed by atoms with Crippen LogP contribution in [0.1, 0.15) is 46.5 Å². The summed E-state index contributed by atoms with van der Waals surface area (Å²) in [5.74, 6) is 3.35. The molecule has 104 valence electrons. The van der Waals surface area contributed by atoms with Gasteiger partial charge in [-0.25, -0.2) is 0 Å². The molecular weight excluding hydrogens is 240 g/mol. The van der Waals surface area contributed by atoms with Crippen molar-refractivity contribution < 1.29 is 9.47 Å². The van der Waals surface area contributed by atoms with E-state index < -0.39 is 8.07 Å². The van der Waals surface area contributed by atoms with Gasteiger partial charge in [0.25, 0.3) is 0 Å². The van der Waals surface area contributed by atoms with E-state index in [2.05, 4.69) is 32.2 Å². The lowest BCUT2D eigenvalue weighted by Gasteiger charge is -2.22. The highest BCUT2D eigenvalue weighted by molar-refractivity contribution is 6.87. The van der Waals surface area contributed by atoms with Gasteiger partial charge in [0.15, 0.2) is 6.29 Å². The second-order valence-corrected chi connectivity index (χ2v) is 9.99. The first kappa shape index (κ1) is 15.8. The van der Waals surface area contributed by atoms with E-state index in [1.807, 2.05) is 0 Å². The lowest BCUT2D eigenvalue weighted by molar-refractivity contribution is -0.161. The van der Waals surface area contributed by atoms with Gasteiger partial charge >= 0.3 is 0 Å². The summed E-state index contributed by atoms with van der Waals surface area (Å²) in [6.07, 6.45) is 4.34. The van der Waals surface area contributed by atoms with E-state index in [0.717, 1.165) is 26.1 Å². The minimum Gasteiger partial charge on any atom is -0.353 e. The molecule has 1 atom stereocenters. The van der Waals surface area contributed by atoms with E-state index in [9.17, 15) is 0 Å². The summed E-state index contributed by atoms with van der Waals surface area (Å²) in [5, 5.41) is 0. The van der Waals surface area contributed by atoms with Crippen LogP contribution >= 0.6 is 0 Å². The number of ether oxygens (including phenoxy) is 2. The fourth-order valence-corrected chi connectivity index (χ4v) is 4.88. The van der Waals surface area contributed by atoms with Crippen LogP contribution in [0.15, 0.2) is 0 Å². The molecule has 1 rings (SSSR count). The van der Waals surface area contributed by atoms with Crippen molar-refractivity contribution in [1.29, 1.82) is 0 Å². The minimum absolute atomic E-state index is 0.0334. The third-order valence-corrected chi connectivity index (χ3v) is 8.82. The molecule has 2 nitrogen and oxygen atoms in total. The zero-order valence-corrected chi connectivity index (χ0v) is 13.3. The van der Waals surface area contributed by atoms with Crippen molar-refractivity contribution in [3.05, 3.63) is 0 Å². The zero-order chi connectivity index (χ0) is 13.3. The van der Waals surface area contributed by atoms with Gasteiger partial charge in [0.2, 0.25) is 0 Å². The molecule has 0 radical (unpaired) electrons. The Balaban J connectivity index is 2.23. The highest BCUT2D eigenvalue weighted by Gasteiger charge is 2.23. The summed E-state index contributed by atoms with van der Waals surface area (Å²) in [6, 6.07) is 3.83. The molecule has 0 N–H and O–H groups in total. The van der Waals surface area contributed by atoms with E-state index in [-0.39, 0.29) is 6.29 Å². The van der Waals surface area contributed by atoms with Crippen molar-refractivity contribution in [3.63, 3.8) is 0 Å². The zero-order valence-electron chi connectivity index (χ0n) is 12.3. The summed E-state index contributed by atoms with van der Waals surface area (Å²) >= 11 is 0. The van der Waals surface area contributed by atoms with E-state index >= 15 is 0 Å². The van der Waals surface area contributed by atoms with Crippen LogP contribution in [0, 0.1) is 11.5 Å². The Labute approximate surface area is 113 Å². The molecule has 0 aromatic heterocycles. The van der Waals surface area contributed by atoms with Gasteiger partial charge in [-0.15, -0.1) is 11.5 Å². The molecule has 1 fully saturated rings. The Hall–Kier alpha value is -0.303. The molecule has 1 saturated heterocycles. The van der Waals surface area contributed by atoms with Gasteiger partial charge in [-0.1, -0.05) is 20.8 Å². The average molecular weight is 268 g/mol. The lowest BCUT2D eigenvalue weighted by atomic mass is 10.2. The predicted molar refractivity (Wildman–Crippen MR) is 79.1 cm³/mol. The average Bonchev–Trinajstić information content (AvgIpc) is 2.45. The Morgan fingerprint density at radius 3 is 2.44 bits per heavy atom. The van der Waals surface area contributed by atoms with E-state index in [4.69, 9.17) is 9.47 Å². The number of hydrogen-bond donors (Lipinski definition) is 0. The lowest BCUT2D eigenvalue weighted by Crippen LogP contribution is -2.29. The standard InChI is InChI=1S/C15H28O2Si/c1-4-18(5-2,6-3)14-10-9-13-17-15-11-7-8-12-16-15/h15H,4-9,11-13H2,1-3H3. The number of rotatable bonds is 6. The Morgan fingerprint density at radius 2 is 1.89 bits per heavy atom. The maximum Gasteiger partial charge on any atom is 0.157 e. The van der Waals surface area contributed by atoms with Gasteiger partial charge < -0.3 is 9.47 Å². The summed E-state index contributed by atoms with van der Waals surface area (Å²) in [5.41, 5.74) is 3.59. The van der Waals surface area contributed by atoms with Crippen molar-refractivity contribution in [2.24, 2.45) is 0 Å². The maximum absolute atomic E-state index is 5.69. The Kier molecular flexibility index (Phi) is 7.65. The monoisotopic (exact) mass is 268 g/mol. The van der Waals surface area contributed by atoms with Gasteiger partial charge in [0, 0.05) is 13.0 Å². The maximum atomic E-state index is 5.69. The van der Waals surface area contributed by atoms with Crippen molar-refractivity contribution in [3.8, 4) is 11.5 Å². The second-order valence-electron chi connectivity index (χ2n) is 5.06. The molecule has 1 aliphatic rings. The molecule has 3 heteroatoms. The molecule has 0 amide bonds. The van der Waals surface area contributed by atoms with E-state index in [1.54, 1.807) is 0 Å². The summed E-state index contributed by atoms with van der Waals surface area (Å²) < 4.78 is 11.2. The fraction of sp³-hybridized carbons (Fsp3) is 0.867. The molecule has 1 heterocycles. The van der Waals surface area contributed by atoms with Gasteiger partial charge in [0.1, 0.15) is 8.07 Å². The first-order valence-corrected chi connectivity index (χ1v) is 10.1. The second kappa shape index (κ2) is 8.74. The topological polar surface area (TPSA) is 18.5 Å². The van der Waals surface area contributed by atoms with Crippen molar-refractivity contribution in [1.82, 2.24) is 0 Å². The van der Waals surface area contributed by atoms with Crippen LogP contribution in [-0.4, -0.2) is 27.6 Å². The molecule has 1 unspecified atom stereocenters. The van der Waals surface area contributed by atoms with Gasteiger partial charge in [-0.2, -0.15) is 0 Å². The van der Waals surface area contributed by atoms with Gasteiger partial charge in [-0.05, 0) is 37.4 Å². The SMILES string of the molecule is CC[Si](C#CCCOC1CCCCO1)(CC)CC. The summed E-state index contributed by atoms with van der Waals surface area (Å²) in [6.45, 7) is 8.45. The third-order valence-electron chi connectivity index (χ3n) is 4.05. The smallest absolute Gasteiger partial charge is 0.157 e. The molecule has 0 saturated carbocycles. The molecule has 0 aromatic rings. The Morgan fingerprint density at radius 1 is 1.17 bits per heavy atom. The van der Waals surface area contributed by atoms with Crippen molar-refractivity contribution in [2.45, 2.75) is 70.9 Å².